The molecule has 0 aliphatic carbocycles. The molecule has 0 aromatic carbocycles. The van der Waals surface area contributed by atoms with Gasteiger partial charge in [0.25, 0.3) is 0 Å². The number of hydrogen-bond acceptors (Lipinski definition) is 17. The molecule has 4 aliphatic rings. The number of ether oxygens (including phenoxy) is 10. The average Bonchev–Trinajstić information content (AvgIpc) is 3.50. The van der Waals surface area contributed by atoms with Gasteiger partial charge in [-0.25, -0.2) is 0 Å². The van der Waals surface area contributed by atoms with Crippen LogP contribution in [-0.2, 0) is 57.0 Å². The molecule has 0 spiro atoms. The van der Waals surface area contributed by atoms with E-state index in [1.807, 2.05) is 81.7 Å². The number of cyclic esters (lactones) is 1. The van der Waals surface area contributed by atoms with Gasteiger partial charge in [-0.05, 0) is 116 Å². The second kappa shape index (κ2) is 21.7. The molecule has 18 atom stereocenters. The van der Waals surface area contributed by atoms with Crippen molar-refractivity contribution < 1.29 is 62.1 Å². The number of carbonyl (C=O) groups excluding carboxylic acids is 2. The van der Waals surface area contributed by atoms with Gasteiger partial charge in [-0.15, -0.1) is 0 Å². The maximum absolute atomic E-state index is 14.9. The summed E-state index contributed by atoms with van der Waals surface area (Å²) >= 11 is 0. The highest BCUT2D eigenvalue weighted by Gasteiger charge is 2.61. The number of carbonyl (C=O) groups is 2. The first-order valence-corrected chi connectivity index (χ1v) is 23.0. The summed E-state index contributed by atoms with van der Waals surface area (Å²) in [4.78, 5) is 33.2. The first-order valence-electron chi connectivity index (χ1n) is 23.0. The molecule has 0 amide bonds. The molecular weight excluding hydrogens is 817 g/mol. The van der Waals surface area contributed by atoms with E-state index in [2.05, 4.69) is 22.8 Å². The number of hydrogen-bond donors (Lipinski definition) is 1. The Morgan fingerprint density at radius 1 is 1.02 bits per heavy atom. The largest absolute Gasteiger partial charge is 0.459 e. The fourth-order valence-electron chi connectivity index (χ4n) is 10.2. The molecule has 17 nitrogen and oxygen atoms in total. The zero-order valence-electron chi connectivity index (χ0n) is 41.4. The molecule has 0 bridgehead atoms. The van der Waals surface area contributed by atoms with E-state index in [0.29, 0.717) is 32.2 Å². The van der Waals surface area contributed by atoms with Crippen molar-refractivity contribution in [2.75, 3.05) is 55.5 Å². The lowest BCUT2D eigenvalue weighted by molar-refractivity contribution is -0.321. The highest BCUT2D eigenvalue weighted by atomic mass is 16.8. The van der Waals surface area contributed by atoms with Crippen LogP contribution in [0.5, 0.6) is 0 Å². The molecule has 0 aromatic heterocycles. The molecule has 17 heteroatoms. The number of methoxy groups -OCH3 is 1. The summed E-state index contributed by atoms with van der Waals surface area (Å²) in [5.74, 6) is -3.78. The molecule has 4 heterocycles. The summed E-state index contributed by atoms with van der Waals surface area (Å²) < 4.78 is 65.3. The number of esters is 2. The van der Waals surface area contributed by atoms with Gasteiger partial charge >= 0.3 is 11.9 Å². The predicted molar refractivity (Wildman–Crippen MR) is 233 cm³/mol. The fraction of sp³-hybridized carbons (Fsp3) is 0.935. The third kappa shape index (κ3) is 12.1. The van der Waals surface area contributed by atoms with Crippen molar-refractivity contribution in [3.05, 3.63) is 0 Å². The minimum absolute atomic E-state index is 0.129. The first kappa shape index (κ1) is 53.6. The molecular formula is C46H82N4O13. The SMILES string of the molecule is CC[C@H]1OC(=O)[C@H](C)[C@@H](O[C@H]2C[C@@](C)(OC)[C@@H](OC(C)=O)[C@H](C)O2)[C@H](C)[C@@H](O[C@@H]2O[C@H](C)C[C@H](N(C)C)[C@H]2OCCC#N)[C@](C)(O)CCCN(C)[C@H](C)[C@H]2OC(C)(N(C)C)O[C@@]21C. The molecule has 63 heavy (non-hydrogen) atoms. The maximum atomic E-state index is 14.9. The number of rotatable bonds is 12. The molecule has 4 aliphatic heterocycles. The van der Waals surface area contributed by atoms with Crippen molar-refractivity contribution in [1.82, 2.24) is 14.7 Å². The van der Waals surface area contributed by atoms with Crippen LogP contribution in [0, 0.1) is 23.2 Å². The number of aliphatic hydroxyl groups is 1. The molecule has 1 unspecified atom stereocenters. The molecule has 4 rings (SSSR count). The quantitative estimate of drug-likeness (QED) is 0.214. The minimum atomic E-state index is -1.51. The fourth-order valence-corrected chi connectivity index (χ4v) is 10.2. The van der Waals surface area contributed by atoms with Gasteiger partial charge in [0.1, 0.15) is 29.5 Å². The minimum Gasteiger partial charge on any atom is -0.459 e. The summed E-state index contributed by atoms with van der Waals surface area (Å²) in [5.41, 5.74) is -3.59. The standard InChI is InChI=1S/C46H82N4O13/c1-18-34-45(10)39(62-46(11,63-45)49(14)15)30(5)50(16)23-19-21-43(8,53)38(61-42-37(55-24-20-22-47)33(48(12)13)25-27(2)56-42)28(3)36(29(4)41(52)59-34)60-35-26-44(9,54-17)40(31(6)57-35)58-32(7)51/h27-31,33-40,42,53H,18-21,23-26H2,1-17H3/t27-,28+,29-,30-,31+,33+,34-,35+,36+,37-,38-,39-,40+,42+,43-,44-,45-,46?/m1/s1. The highest BCUT2D eigenvalue weighted by Crippen LogP contribution is 2.45. The average molecular weight is 899 g/mol. The van der Waals surface area contributed by atoms with Crippen LogP contribution in [0.25, 0.3) is 0 Å². The Balaban J connectivity index is 1.86. The maximum Gasteiger partial charge on any atom is 0.311 e. The summed E-state index contributed by atoms with van der Waals surface area (Å²) in [6, 6.07) is 1.84. The molecule has 1 N–H and O–H groups in total. The second-order valence-electron chi connectivity index (χ2n) is 19.8. The lowest BCUT2D eigenvalue weighted by Crippen LogP contribution is -2.61. The smallest absolute Gasteiger partial charge is 0.311 e. The first-order chi connectivity index (χ1) is 29.3. The normalized spacial score (nSPS) is 44.9. The summed E-state index contributed by atoms with van der Waals surface area (Å²) in [5, 5.41) is 22.2. The number of nitrogens with zero attached hydrogens (tertiary/aromatic N) is 4. The van der Waals surface area contributed by atoms with Crippen molar-refractivity contribution in [2.45, 2.75) is 211 Å². The summed E-state index contributed by atoms with van der Waals surface area (Å²) in [6.07, 6.45) is -5.06. The number of fused-ring (bicyclic) bond motifs is 1. The monoisotopic (exact) mass is 899 g/mol. The van der Waals surface area contributed by atoms with E-state index in [1.54, 1.807) is 27.9 Å². The Morgan fingerprint density at radius 2 is 1.68 bits per heavy atom. The van der Waals surface area contributed by atoms with Crippen LogP contribution in [0.4, 0.5) is 0 Å². The van der Waals surface area contributed by atoms with E-state index in [0.717, 1.165) is 0 Å². The van der Waals surface area contributed by atoms with Crippen LogP contribution in [0.1, 0.15) is 115 Å². The van der Waals surface area contributed by atoms with Gasteiger partial charge in [0.05, 0.1) is 55.0 Å². The Hall–Kier alpha value is -2.05. The Bertz CT molecular complexity index is 1550. The zero-order valence-corrected chi connectivity index (χ0v) is 41.4. The lowest BCUT2D eigenvalue weighted by atomic mass is 9.79. The molecule has 364 valence electrons. The number of likely N-dealkylation sites (N-methyl/N-ethyl adjacent to an activating group) is 2. The molecule has 0 saturated carbocycles. The Kier molecular flexibility index (Phi) is 18.5. The molecule has 0 radical (unpaired) electrons. The van der Waals surface area contributed by atoms with Gasteiger partial charge in [0.15, 0.2) is 18.7 Å². The van der Waals surface area contributed by atoms with Crippen molar-refractivity contribution in [1.29, 1.82) is 5.26 Å². The van der Waals surface area contributed by atoms with Crippen LogP contribution in [0.15, 0.2) is 0 Å². The second-order valence-corrected chi connectivity index (χ2v) is 19.8. The van der Waals surface area contributed by atoms with Crippen LogP contribution >= 0.6 is 0 Å². The molecule has 4 saturated heterocycles. The van der Waals surface area contributed by atoms with Crippen LogP contribution in [-0.4, -0.2) is 183 Å². The van der Waals surface area contributed by atoms with E-state index in [9.17, 15) is 20.0 Å². The zero-order chi connectivity index (χ0) is 47.4. The lowest BCUT2D eigenvalue weighted by Gasteiger charge is -2.49. The van der Waals surface area contributed by atoms with E-state index in [1.165, 1.54) is 6.92 Å². The van der Waals surface area contributed by atoms with Gasteiger partial charge in [-0.3, -0.25) is 14.5 Å². The topological polar surface area (TPSA) is 180 Å². The van der Waals surface area contributed by atoms with Gasteiger partial charge in [-0.1, -0.05) is 13.8 Å². The van der Waals surface area contributed by atoms with E-state index in [4.69, 9.17) is 47.4 Å². The van der Waals surface area contributed by atoms with Crippen LogP contribution in [0.2, 0.25) is 0 Å². The Morgan fingerprint density at radius 3 is 2.25 bits per heavy atom. The highest BCUT2D eigenvalue weighted by molar-refractivity contribution is 5.73. The number of nitriles is 1. The summed E-state index contributed by atoms with van der Waals surface area (Å²) in [6.45, 7) is 21.0. The van der Waals surface area contributed by atoms with E-state index >= 15 is 0 Å². The van der Waals surface area contributed by atoms with E-state index in [-0.39, 0.29) is 37.6 Å². The van der Waals surface area contributed by atoms with Crippen molar-refractivity contribution in [3.63, 3.8) is 0 Å². The van der Waals surface area contributed by atoms with Crippen LogP contribution < -0.4 is 0 Å². The third-order valence-corrected chi connectivity index (χ3v) is 14.3. The predicted octanol–water partition coefficient (Wildman–Crippen LogP) is 4.46. The van der Waals surface area contributed by atoms with E-state index < -0.39 is 102 Å². The Labute approximate surface area is 377 Å². The molecule has 0 aromatic rings. The van der Waals surface area contributed by atoms with Crippen molar-refractivity contribution in [2.24, 2.45) is 11.8 Å². The van der Waals surface area contributed by atoms with Crippen molar-refractivity contribution in [3.8, 4) is 6.07 Å². The van der Waals surface area contributed by atoms with Gasteiger partial charge in [-0.2, -0.15) is 5.26 Å². The van der Waals surface area contributed by atoms with Crippen LogP contribution in [0.3, 0.4) is 0 Å². The van der Waals surface area contributed by atoms with Gasteiger partial charge in [0.2, 0.25) is 5.91 Å². The molecule has 4 fully saturated rings. The summed E-state index contributed by atoms with van der Waals surface area (Å²) in [7, 11) is 11.3. The van der Waals surface area contributed by atoms with Gasteiger partial charge in [0, 0.05) is 45.4 Å². The van der Waals surface area contributed by atoms with Gasteiger partial charge < -0.3 is 62.3 Å². The third-order valence-electron chi connectivity index (χ3n) is 14.3. The van der Waals surface area contributed by atoms with Crippen molar-refractivity contribution >= 4 is 11.9 Å².